The fourth-order valence-corrected chi connectivity index (χ4v) is 2.20. The van der Waals surface area contributed by atoms with Crippen molar-refractivity contribution in [2.45, 2.75) is 0 Å². The summed E-state index contributed by atoms with van der Waals surface area (Å²) in [5.74, 6) is -0.128. The number of pyridine rings is 1. The van der Waals surface area contributed by atoms with Crippen LogP contribution in [0.15, 0.2) is 47.2 Å². The number of hydrogen-bond acceptors (Lipinski definition) is 4. The third-order valence-electron chi connectivity index (χ3n) is 2.88. The van der Waals surface area contributed by atoms with Gasteiger partial charge in [-0.2, -0.15) is 0 Å². The first-order valence-electron chi connectivity index (χ1n) is 5.78. The molecule has 0 aliphatic rings. The molecule has 0 unspecified atom stereocenters. The molecule has 3 rings (SSSR count). The van der Waals surface area contributed by atoms with E-state index in [4.69, 9.17) is 21.9 Å². The normalized spacial score (nSPS) is 10.7. The summed E-state index contributed by atoms with van der Waals surface area (Å²) in [5, 5.41) is 4.19. The molecule has 0 fully saturated rings. The third-order valence-corrected chi connectivity index (χ3v) is 3.21. The number of nitrogens with zero attached hydrogens (tertiary/aromatic N) is 2. The molecule has 0 bridgehead atoms. The molecule has 20 heavy (non-hydrogen) atoms. The molecular formula is C14H9ClFN3O. The SMILES string of the molecule is Nc1noc(-c2ccncc2F)c1-c1ccccc1Cl. The van der Waals surface area contributed by atoms with Gasteiger partial charge in [-0.05, 0) is 12.1 Å². The Morgan fingerprint density at radius 1 is 1.15 bits per heavy atom. The predicted molar refractivity (Wildman–Crippen MR) is 74.6 cm³/mol. The van der Waals surface area contributed by atoms with Crippen LogP contribution in [-0.4, -0.2) is 10.1 Å². The van der Waals surface area contributed by atoms with E-state index in [-0.39, 0.29) is 17.1 Å². The Labute approximate surface area is 119 Å². The molecule has 4 nitrogen and oxygen atoms in total. The first-order valence-corrected chi connectivity index (χ1v) is 6.16. The van der Waals surface area contributed by atoms with Gasteiger partial charge in [0.1, 0.15) is 0 Å². The molecule has 0 radical (unpaired) electrons. The fraction of sp³-hybridized carbons (Fsp3) is 0. The van der Waals surface area contributed by atoms with Crippen LogP contribution in [0.2, 0.25) is 5.02 Å². The van der Waals surface area contributed by atoms with Gasteiger partial charge in [0.15, 0.2) is 17.4 Å². The smallest absolute Gasteiger partial charge is 0.180 e. The van der Waals surface area contributed by atoms with Gasteiger partial charge in [0.2, 0.25) is 0 Å². The molecule has 0 amide bonds. The lowest BCUT2D eigenvalue weighted by Gasteiger charge is -2.05. The van der Waals surface area contributed by atoms with Crippen LogP contribution in [0.1, 0.15) is 0 Å². The van der Waals surface area contributed by atoms with E-state index in [1.54, 1.807) is 24.3 Å². The van der Waals surface area contributed by atoms with Gasteiger partial charge in [-0.1, -0.05) is 35.0 Å². The summed E-state index contributed by atoms with van der Waals surface area (Å²) in [6.45, 7) is 0. The van der Waals surface area contributed by atoms with E-state index < -0.39 is 5.82 Å². The number of benzene rings is 1. The van der Waals surface area contributed by atoms with E-state index in [0.717, 1.165) is 6.20 Å². The number of nitrogens with two attached hydrogens (primary N) is 1. The van der Waals surface area contributed by atoms with Gasteiger partial charge < -0.3 is 10.3 Å². The van der Waals surface area contributed by atoms with Crippen molar-refractivity contribution in [1.29, 1.82) is 0 Å². The molecule has 2 N–H and O–H groups in total. The van der Waals surface area contributed by atoms with Gasteiger partial charge in [0.25, 0.3) is 0 Å². The Kier molecular flexibility index (Phi) is 3.12. The van der Waals surface area contributed by atoms with Crippen LogP contribution < -0.4 is 5.73 Å². The van der Waals surface area contributed by atoms with Gasteiger partial charge in [-0.25, -0.2) is 4.39 Å². The van der Waals surface area contributed by atoms with E-state index in [2.05, 4.69) is 10.1 Å². The van der Waals surface area contributed by atoms with Crippen LogP contribution >= 0.6 is 11.6 Å². The average Bonchev–Trinajstić information content (AvgIpc) is 2.82. The summed E-state index contributed by atoms with van der Waals surface area (Å²) in [4.78, 5) is 3.70. The highest BCUT2D eigenvalue weighted by Crippen LogP contribution is 2.40. The molecule has 2 heterocycles. The standard InChI is InChI=1S/C14H9ClFN3O/c15-10-4-2-1-3-8(10)12-13(20-19-14(12)17)9-5-6-18-7-11(9)16/h1-7H,(H2,17,19). The maximum absolute atomic E-state index is 13.9. The minimum atomic E-state index is -0.517. The van der Waals surface area contributed by atoms with Gasteiger partial charge in [-0.15, -0.1) is 0 Å². The molecule has 3 aromatic rings. The van der Waals surface area contributed by atoms with Crippen LogP contribution in [0.3, 0.4) is 0 Å². The van der Waals surface area contributed by atoms with Gasteiger partial charge in [0.05, 0.1) is 17.3 Å². The molecule has 0 saturated carbocycles. The zero-order valence-corrected chi connectivity index (χ0v) is 10.9. The molecule has 0 saturated heterocycles. The van der Waals surface area contributed by atoms with Crippen molar-refractivity contribution in [3.63, 3.8) is 0 Å². The zero-order chi connectivity index (χ0) is 14.1. The molecule has 2 aromatic heterocycles. The third kappa shape index (κ3) is 2.02. The van der Waals surface area contributed by atoms with Crippen molar-refractivity contribution in [2.75, 3.05) is 5.73 Å². The summed E-state index contributed by atoms with van der Waals surface area (Å²) in [6, 6.07) is 8.59. The van der Waals surface area contributed by atoms with Gasteiger partial charge in [-0.3, -0.25) is 4.98 Å². The highest BCUT2D eigenvalue weighted by molar-refractivity contribution is 6.33. The van der Waals surface area contributed by atoms with E-state index in [1.807, 2.05) is 0 Å². The van der Waals surface area contributed by atoms with Gasteiger partial charge in [0, 0.05) is 16.8 Å². The number of aromatic nitrogens is 2. The second kappa shape index (κ2) is 4.94. The monoisotopic (exact) mass is 289 g/mol. The highest BCUT2D eigenvalue weighted by Gasteiger charge is 2.21. The van der Waals surface area contributed by atoms with Gasteiger partial charge >= 0.3 is 0 Å². The number of anilines is 1. The molecule has 6 heteroatoms. The van der Waals surface area contributed by atoms with E-state index in [0.29, 0.717) is 16.1 Å². The lowest BCUT2D eigenvalue weighted by molar-refractivity contribution is 0.433. The Bertz CT molecular complexity index is 773. The fourth-order valence-electron chi connectivity index (χ4n) is 1.97. The minimum absolute atomic E-state index is 0.157. The summed E-state index contributed by atoms with van der Waals surface area (Å²) in [6.07, 6.45) is 2.57. The molecule has 0 aliphatic carbocycles. The van der Waals surface area contributed by atoms with Crippen molar-refractivity contribution in [1.82, 2.24) is 10.1 Å². The van der Waals surface area contributed by atoms with Crippen molar-refractivity contribution < 1.29 is 8.91 Å². The Morgan fingerprint density at radius 2 is 1.95 bits per heavy atom. The summed E-state index contributed by atoms with van der Waals surface area (Å²) in [5.41, 5.74) is 7.17. The van der Waals surface area contributed by atoms with Crippen molar-refractivity contribution in [3.8, 4) is 22.5 Å². The molecule has 0 atom stereocenters. The maximum Gasteiger partial charge on any atom is 0.180 e. The second-order valence-electron chi connectivity index (χ2n) is 4.11. The Balaban J connectivity index is 2.26. The molecule has 1 aromatic carbocycles. The van der Waals surface area contributed by atoms with E-state index in [9.17, 15) is 4.39 Å². The number of rotatable bonds is 2. The number of hydrogen-bond donors (Lipinski definition) is 1. The quantitative estimate of drug-likeness (QED) is 0.780. The lowest BCUT2D eigenvalue weighted by Crippen LogP contribution is -1.91. The zero-order valence-electron chi connectivity index (χ0n) is 10.2. The summed E-state index contributed by atoms with van der Waals surface area (Å²) in [7, 11) is 0. The van der Waals surface area contributed by atoms with Crippen LogP contribution in [0.25, 0.3) is 22.5 Å². The molecule has 0 spiro atoms. The second-order valence-corrected chi connectivity index (χ2v) is 4.51. The molecule has 0 aliphatic heterocycles. The average molecular weight is 290 g/mol. The predicted octanol–water partition coefficient (Wildman–Crippen LogP) is 3.78. The van der Waals surface area contributed by atoms with E-state index in [1.165, 1.54) is 12.3 Å². The molecule has 100 valence electrons. The van der Waals surface area contributed by atoms with Crippen LogP contribution in [0.4, 0.5) is 10.2 Å². The van der Waals surface area contributed by atoms with Crippen LogP contribution in [-0.2, 0) is 0 Å². The Hall–Kier alpha value is -2.40. The number of halogens is 2. The largest absolute Gasteiger partial charge is 0.380 e. The lowest BCUT2D eigenvalue weighted by atomic mass is 10.0. The summed E-state index contributed by atoms with van der Waals surface area (Å²) < 4.78 is 19.0. The van der Waals surface area contributed by atoms with Crippen LogP contribution in [0.5, 0.6) is 0 Å². The van der Waals surface area contributed by atoms with Crippen molar-refractivity contribution in [3.05, 3.63) is 53.6 Å². The highest BCUT2D eigenvalue weighted by atomic mass is 35.5. The number of nitrogen functional groups attached to an aromatic ring is 1. The molecular weight excluding hydrogens is 281 g/mol. The Morgan fingerprint density at radius 3 is 2.70 bits per heavy atom. The first-order chi connectivity index (χ1) is 9.68. The van der Waals surface area contributed by atoms with E-state index >= 15 is 0 Å². The van der Waals surface area contributed by atoms with Crippen molar-refractivity contribution in [2.24, 2.45) is 0 Å². The maximum atomic E-state index is 13.9. The van der Waals surface area contributed by atoms with Crippen molar-refractivity contribution >= 4 is 17.4 Å². The minimum Gasteiger partial charge on any atom is -0.380 e. The first kappa shape index (κ1) is 12.6. The topological polar surface area (TPSA) is 64.9 Å². The van der Waals surface area contributed by atoms with Crippen LogP contribution in [0, 0.1) is 5.82 Å². The summed E-state index contributed by atoms with van der Waals surface area (Å²) >= 11 is 6.16.